The van der Waals surface area contributed by atoms with Gasteiger partial charge in [-0.1, -0.05) is 6.42 Å². The number of nitrogens with one attached hydrogen (secondary N) is 1. The molecule has 4 heteroatoms. The molecule has 0 bridgehead atoms. The van der Waals surface area contributed by atoms with Crippen LogP contribution in [0, 0.1) is 11.8 Å². The number of aliphatic hydroxyl groups is 1. The molecular weight excluding hydrogens is 226 g/mol. The van der Waals surface area contributed by atoms with E-state index >= 15 is 0 Å². The van der Waals surface area contributed by atoms with Gasteiger partial charge in [-0.25, -0.2) is 0 Å². The summed E-state index contributed by atoms with van der Waals surface area (Å²) in [7, 11) is 0. The molecule has 1 aliphatic heterocycles. The van der Waals surface area contributed by atoms with Crippen LogP contribution in [0.5, 0.6) is 0 Å². The fourth-order valence-corrected chi connectivity index (χ4v) is 3.13. The highest BCUT2D eigenvalue weighted by molar-refractivity contribution is 4.86. The van der Waals surface area contributed by atoms with Crippen molar-refractivity contribution < 1.29 is 5.11 Å². The monoisotopic (exact) mass is 255 g/mol. The quantitative estimate of drug-likeness (QED) is 0.643. The van der Waals surface area contributed by atoms with Gasteiger partial charge in [-0.2, -0.15) is 0 Å². The molecule has 18 heavy (non-hydrogen) atoms. The molecule has 0 amide bonds. The summed E-state index contributed by atoms with van der Waals surface area (Å²) in [6.45, 7) is 6.82. The van der Waals surface area contributed by atoms with Crippen LogP contribution < -0.4 is 11.1 Å². The van der Waals surface area contributed by atoms with E-state index in [1.54, 1.807) is 0 Å². The molecular formula is C14H29N3O. The van der Waals surface area contributed by atoms with E-state index in [0.29, 0.717) is 18.5 Å². The first-order valence-corrected chi connectivity index (χ1v) is 7.53. The molecule has 2 fully saturated rings. The number of likely N-dealkylation sites (tertiary alicyclic amines) is 1. The zero-order chi connectivity index (χ0) is 13.0. The second kappa shape index (κ2) is 6.85. The van der Waals surface area contributed by atoms with Crippen LogP contribution >= 0.6 is 0 Å². The molecule has 1 heterocycles. The van der Waals surface area contributed by atoms with E-state index in [1.165, 1.54) is 19.3 Å². The zero-order valence-corrected chi connectivity index (χ0v) is 11.6. The molecule has 2 rings (SSSR count). The first kappa shape index (κ1) is 14.3. The van der Waals surface area contributed by atoms with Gasteiger partial charge >= 0.3 is 0 Å². The second-order valence-corrected chi connectivity index (χ2v) is 6.19. The molecule has 2 aliphatic rings. The molecule has 1 aliphatic carbocycles. The Labute approximate surface area is 111 Å². The SMILES string of the molecule is CC(O)C1CC(NCC2CCC2)CN(CCN)C1. The van der Waals surface area contributed by atoms with Gasteiger partial charge in [0.1, 0.15) is 0 Å². The van der Waals surface area contributed by atoms with Gasteiger partial charge in [-0.15, -0.1) is 0 Å². The predicted octanol–water partition coefficient (Wildman–Crippen LogP) is 0.406. The minimum atomic E-state index is -0.210. The first-order valence-electron chi connectivity index (χ1n) is 7.53. The van der Waals surface area contributed by atoms with Gasteiger partial charge in [0.15, 0.2) is 0 Å². The Morgan fingerprint density at radius 1 is 1.39 bits per heavy atom. The van der Waals surface area contributed by atoms with E-state index < -0.39 is 0 Å². The topological polar surface area (TPSA) is 61.5 Å². The van der Waals surface area contributed by atoms with Crippen molar-refractivity contribution >= 4 is 0 Å². The number of aliphatic hydroxyl groups excluding tert-OH is 1. The van der Waals surface area contributed by atoms with Crippen LogP contribution in [0.1, 0.15) is 32.6 Å². The van der Waals surface area contributed by atoms with E-state index in [1.807, 2.05) is 6.92 Å². The Morgan fingerprint density at radius 3 is 2.72 bits per heavy atom. The van der Waals surface area contributed by atoms with Crippen LogP contribution in [0.15, 0.2) is 0 Å². The molecule has 3 atom stereocenters. The average molecular weight is 255 g/mol. The largest absolute Gasteiger partial charge is 0.393 e. The van der Waals surface area contributed by atoms with Gasteiger partial charge in [0.2, 0.25) is 0 Å². The van der Waals surface area contributed by atoms with Crippen LogP contribution in [0.3, 0.4) is 0 Å². The van der Waals surface area contributed by atoms with Gasteiger partial charge < -0.3 is 21.1 Å². The molecule has 3 unspecified atom stereocenters. The summed E-state index contributed by atoms with van der Waals surface area (Å²) in [6.07, 6.45) is 5.09. The summed E-state index contributed by atoms with van der Waals surface area (Å²) in [6, 6.07) is 0.533. The van der Waals surface area contributed by atoms with Crippen LogP contribution in [0.2, 0.25) is 0 Å². The van der Waals surface area contributed by atoms with Crippen molar-refractivity contribution in [3.05, 3.63) is 0 Å². The molecule has 4 nitrogen and oxygen atoms in total. The van der Waals surface area contributed by atoms with Crippen molar-refractivity contribution in [1.82, 2.24) is 10.2 Å². The summed E-state index contributed by atoms with van der Waals surface area (Å²) in [4.78, 5) is 2.40. The molecule has 0 aromatic rings. The number of hydrogen-bond donors (Lipinski definition) is 3. The van der Waals surface area contributed by atoms with Crippen molar-refractivity contribution in [3.63, 3.8) is 0 Å². The number of nitrogens with two attached hydrogens (primary N) is 1. The number of hydrogen-bond acceptors (Lipinski definition) is 4. The van der Waals surface area contributed by atoms with Crippen LogP contribution in [-0.2, 0) is 0 Å². The molecule has 0 aromatic carbocycles. The number of piperidine rings is 1. The molecule has 4 N–H and O–H groups in total. The van der Waals surface area contributed by atoms with E-state index in [2.05, 4.69) is 10.2 Å². The molecule has 1 saturated heterocycles. The Hall–Kier alpha value is -0.160. The third kappa shape index (κ3) is 3.92. The second-order valence-electron chi connectivity index (χ2n) is 6.19. The van der Waals surface area contributed by atoms with Crippen molar-refractivity contribution in [2.75, 3.05) is 32.7 Å². The standard InChI is InChI=1S/C14H29N3O/c1-11(18)13-7-14(10-17(9-13)6-5-15)16-8-12-3-2-4-12/h11-14,16,18H,2-10,15H2,1H3. The summed E-state index contributed by atoms with van der Waals surface area (Å²) >= 11 is 0. The van der Waals surface area contributed by atoms with Crippen LogP contribution in [-0.4, -0.2) is 54.9 Å². The summed E-state index contributed by atoms with van der Waals surface area (Å²) < 4.78 is 0. The van der Waals surface area contributed by atoms with Gasteiger partial charge in [0, 0.05) is 32.2 Å². The lowest BCUT2D eigenvalue weighted by Crippen LogP contribution is -2.53. The maximum Gasteiger partial charge on any atom is 0.0553 e. The normalized spacial score (nSPS) is 32.2. The minimum absolute atomic E-state index is 0.210. The molecule has 0 spiro atoms. The Bertz CT molecular complexity index is 243. The fourth-order valence-electron chi connectivity index (χ4n) is 3.13. The van der Waals surface area contributed by atoms with Crippen LogP contribution in [0.4, 0.5) is 0 Å². The zero-order valence-electron chi connectivity index (χ0n) is 11.6. The molecule has 1 saturated carbocycles. The Kier molecular flexibility index (Phi) is 5.42. The Balaban J connectivity index is 1.79. The van der Waals surface area contributed by atoms with Crippen molar-refractivity contribution in [2.24, 2.45) is 17.6 Å². The van der Waals surface area contributed by atoms with Crippen LogP contribution in [0.25, 0.3) is 0 Å². The minimum Gasteiger partial charge on any atom is -0.393 e. The van der Waals surface area contributed by atoms with Crippen molar-refractivity contribution in [2.45, 2.75) is 44.8 Å². The highest BCUT2D eigenvalue weighted by Crippen LogP contribution is 2.26. The summed E-state index contributed by atoms with van der Waals surface area (Å²) in [5, 5.41) is 13.5. The fraction of sp³-hybridized carbons (Fsp3) is 1.00. The highest BCUT2D eigenvalue weighted by atomic mass is 16.3. The third-order valence-electron chi connectivity index (χ3n) is 4.61. The lowest BCUT2D eigenvalue weighted by atomic mass is 9.84. The van der Waals surface area contributed by atoms with E-state index in [0.717, 1.165) is 38.5 Å². The number of nitrogens with zero attached hydrogens (tertiary/aromatic N) is 1. The van der Waals surface area contributed by atoms with E-state index in [-0.39, 0.29) is 6.10 Å². The molecule has 106 valence electrons. The Morgan fingerprint density at radius 2 is 2.17 bits per heavy atom. The lowest BCUT2D eigenvalue weighted by molar-refractivity contribution is 0.0477. The van der Waals surface area contributed by atoms with Gasteiger partial charge in [0.25, 0.3) is 0 Å². The summed E-state index contributed by atoms with van der Waals surface area (Å²) in [5.74, 6) is 1.30. The van der Waals surface area contributed by atoms with Gasteiger partial charge in [0.05, 0.1) is 6.10 Å². The van der Waals surface area contributed by atoms with E-state index in [4.69, 9.17) is 5.73 Å². The average Bonchev–Trinajstić information content (AvgIpc) is 2.27. The molecule has 0 radical (unpaired) electrons. The van der Waals surface area contributed by atoms with Crippen molar-refractivity contribution in [3.8, 4) is 0 Å². The van der Waals surface area contributed by atoms with Gasteiger partial charge in [-0.3, -0.25) is 0 Å². The van der Waals surface area contributed by atoms with Crippen molar-refractivity contribution in [1.29, 1.82) is 0 Å². The summed E-state index contributed by atoms with van der Waals surface area (Å²) in [5.41, 5.74) is 5.65. The van der Waals surface area contributed by atoms with Gasteiger partial charge in [-0.05, 0) is 44.6 Å². The maximum absolute atomic E-state index is 9.83. The lowest BCUT2D eigenvalue weighted by Gasteiger charge is -2.40. The highest BCUT2D eigenvalue weighted by Gasteiger charge is 2.30. The maximum atomic E-state index is 9.83. The smallest absolute Gasteiger partial charge is 0.0553 e. The number of rotatable bonds is 6. The first-order chi connectivity index (χ1) is 8.69. The molecule has 0 aromatic heterocycles. The van der Waals surface area contributed by atoms with E-state index in [9.17, 15) is 5.11 Å². The third-order valence-corrected chi connectivity index (χ3v) is 4.61. The predicted molar refractivity (Wildman–Crippen MR) is 74.4 cm³/mol.